The van der Waals surface area contributed by atoms with E-state index in [0.717, 1.165) is 12.1 Å². The lowest BCUT2D eigenvalue weighted by atomic mass is 9.97. The van der Waals surface area contributed by atoms with Crippen LogP contribution in [0.3, 0.4) is 0 Å². The number of halogens is 3. The molecule has 0 aliphatic carbocycles. The monoisotopic (exact) mass is 477 g/mol. The van der Waals surface area contributed by atoms with Crippen LogP contribution in [0.5, 0.6) is 0 Å². The largest absolute Gasteiger partial charge is 0.374 e. The van der Waals surface area contributed by atoms with Crippen molar-refractivity contribution in [1.29, 1.82) is 0 Å². The molecule has 176 valence electrons. The highest BCUT2D eigenvalue weighted by Crippen LogP contribution is 2.34. The van der Waals surface area contributed by atoms with Gasteiger partial charge in [0.2, 0.25) is 5.91 Å². The fourth-order valence-electron chi connectivity index (χ4n) is 3.91. The number of morpholine rings is 1. The summed E-state index contributed by atoms with van der Waals surface area (Å²) in [5.74, 6) is -2.38. The van der Waals surface area contributed by atoms with Crippen LogP contribution in [0, 0.1) is 11.6 Å². The Morgan fingerprint density at radius 1 is 1.27 bits per heavy atom. The van der Waals surface area contributed by atoms with Gasteiger partial charge < -0.3 is 19.9 Å². The van der Waals surface area contributed by atoms with Crippen molar-refractivity contribution >= 4 is 29.0 Å². The molecule has 33 heavy (non-hydrogen) atoms. The van der Waals surface area contributed by atoms with Crippen molar-refractivity contribution in [2.24, 2.45) is 0 Å². The Morgan fingerprint density at radius 3 is 2.52 bits per heavy atom. The fourth-order valence-corrected chi connectivity index (χ4v) is 4.09. The van der Waals surface area contributed by atoms with Crippen molar-refractivity contribution in [3.63, 3.8) is 0 Å². The molecule has 0 saturated carbocycles. The zero-order valence-corrected chi connectivity index (χ0v) is 19.5. The smallest absolute Gasteiger partial charge is 0.251 e. The third kappa shape index (κ3) is 5.51. The van der Waals surface area contributed by atoms with Gasteiger partial charge in [-0.25, -0.2) is 8.78 Å². The molecule has 0 aromatic heterocycles. The van der Waals surface area contributed by atoms with Crippen molar-refractivity contribution < 1.29 is 23.1 Å². The van der Waals surface area contributed by atoms with Gasteiger partial charge in [-0.15, -0.1) is 0 Å². The number of nitrogens with zero attached hydrogens (tertiary/aromatic N) is 2. The van der Waals surface area contributed by atoms with Gasteiger partial charge in [0, 0.05) is 61.7 Å². The van der Waals surface area contributed by atoms with Crippen LogP contribution < -0.4 is 5.32 Å². The Bertz CT molecular complexity index is 1060. The highest BCUT2D eigenvalue weighted by Gasteiger charge is 2.28. The number of carbonyl (C=O) groups excluding carboxylic acids is 2. The van der Waals surface area contributed by atoms with Crippen molar-refractivity contribution in [3.8, 4) is 0 Å². The number of benzene rings is 1. The number of rotatable bonds is 5. The van der Waals surface area contributed by atoms with Gasteiger partial charge in [-0.3, -0.25) is 9.59 Å². The molecule has 2 heterocycles. The van der Waals surface area contributed by atoms with Gasteiger partial charge in [0.25, 0.3) is 5.91 Å². The van der Waals surface area contributed by atoms with Crippen LogP contribution in [-0.2, 0) is 9.53 Å². The van der Waals surface area contributed by atoms with E-state index in [9.17, 15) is 9.59 Å². The van der Waals surface area contributed by atoms with Crippen molar-refractivity contribution in [2.45, 2.75) is 26.4 Å². The first kappa shape index (κ1) is 24.7. The van der Waals surface area contributed by atoms with Gasteiger partial charge in [0.15, 0.2) is 0 Å². The molecule has 0 bridgehead atoms. The average molecular weight is 478 g/mol. The van der Waals surface area contributed by atoms with Gasteiger partial charge in [0.1, 0.15) is 11.6 Å². The lowest BCUT2D eigenvalue weighted by molar-refractivity contribution is -0.136. The summed E-state index contributed by atoms with van der Waals surface area (Å²) in [7, 11) is 1.39. The maximum absolute atomic E-state index is 15.1. The van der Waals surface area contributed by atoms with Crippen LogP contribution in [0.2, 0.25) is 0 Å². The maximum atomic E-state index is 15.1. The third-order valence-corrected chi connectivity index (χ3v) is 5.87. The number of allylic oxidation sites excluding steroid dienone is 4. The van der Waals surface area contributed by atoms with Gasteiger partial charge >= 0.3 is 0 Å². The number of hydrogen-bond donors (Lipinski definition) is 1. The summed E-state index contributed by atoms with van der Waals surface area (Å²) in [6, 6.07) is 2.01. The molecule has 1 N–H and O–H groups in total. The van der Waals surface area contributed by atoms with E-state index in [4.69, 9.17) is 16.3 Å². The molecule has 3 rings (SSSR count). The van der Waals surface area contributed by atoms with Crippen LogP contribution >= 0.6 is 11.6 Å². The predicted molar refractivity (Wildman–Crippen MR) is 123 cm³/mol. The standard InChI is InChI=1S/C24H26ClF2N3O3/c1-14-9-18(25)5-6-30(14)22(12-19-13-29(16(3)31)7-8-33-19)15(2)23-20(26)10-17(11-21(23)27)24(32)28-4/h5-6,9-11,19H,1,7-8,12-13H2,2-4H3,(H,28,32)/b22-15+. The quantitative estimate of drug-likeness (QED) is 0.692. The summed E-state index contributed by atoms with van der Waals surface area (Å²) in [5.41, 5.74) is 1.000. The van der Waals surface area contributed by atoms with E-state index in [1.807, 2.05) is 0 Å². The summed E-state index contributed by atoms with van der Waals surface area (Å²) in [5, 5.41) is 2.82. The summed E-state index contributed by atoms with van der Waals surface area (Å²) < 4.78 is 36.0. The van der Waals surface area contributed by atoms with Gasteiger partial charge in [-0.2, -0.15) is 0 Å². The van der Waals surface area contributed by atoms with Crippen LogP contribution in [0.15, 0.2) is 53.5 Å². The maximum Gasteiger partial charge on any atom is 0.251 e. The number of nitrogens with one attached hydrogen (secondary N) is 1. The second-order valence-electron chi connectivity index (χ2n) is 7.83. The Kier molecular flexibility index (Phi) is 7.71. The third-order valence-electron chi connectivity index (χ3n) is 5.63. The van der Waals surface area contributed by atoms with E-state index in [1.54, 1.807) is 35.1 Å². The molecule has 0 spiro atoms. The first-order valence-electron chi connectivity index (χ1n) is 10.4. The van der Waals surface area contributed by atoms with Gasteiger partial charge in [-0.1, -0.05) is 18.2 Å². The molecule has 6 nitrogen and oxygen atoms in total. The SMILES string of the molecule is C=C1C=C(Cl)C=CN1/C(CC1CN(C(C)=O)CCO1)=C(\C)c1c(F)cc(C(=O)NC)cc1F. The number of ether oxygens (including phenoxy) is 1. The molecule has 2 aliphatic rings. The lowest BCUT2D eigenvalue weighted by Crippen LogP contribution is -2.45. The molecule has 1 saturated heterocycles. The minimum absolute atomic E-state index is 0.0653. The van der Waals surface area contributed by atoms with Crippen LogP contribution in [0.1, 0.15) is 36.2 Å². The molecule has 1 atom stereocenters. The average Bonchev–Trinajstić information content (AvgIpc) is 2.76. The fraction of sp³-hybridized carbons (Fsp3) is 0.333. The first-order chi connectivity index (χ1) is 15.6. The Hall–Kier alpha value is -2.97. The topological polar surface area (TPSA) is 61.9 Å². The van der Waals surface area contributed by atoms with E-state index in [2.05, 4.69) is 11.9 Å². The lowest BCUT2D eigenvalue weighted by Gasteiger charge is -2.36. The minimum atomic E-state index is -0.862. The van der Waals surface area contributed by atoms with E-state index in [0.29, 0.717) is 41.7 Å². The first-order valence-corrected chi connectivity index (χ1v) is 10.8. The van der Waals surface area contributed by atoms with Crippen LogP contribution in [0.4, 0.5) is 8.78 Å². The molecule has 1 unspecified atom stereocenters. The Balaban J connectivity index is 2.07. The molecule has 9 heteroatoms. The van der Waals surface area contributed by atoms with E-state index in [-0.39, 0.29) is 29.6 Å². The highest BCUT2D eigenvalue weighted by molar-refractivity contribution is 6.31. The molecule has 1 aromatic rings. The molecule has 2 aliphatic heterocycles. The van der Waals surface area contributed by atoms with Gasteiger partial charge in [0.05, 0.1) is 18.3 Å². The normalized spacial score (nSPS) is 19.3. The molecular formula is C24H26ClF2N3O3. The summed E-state index contributed by atoms with van der Waals surface area (Å²) >= 11 is 6.08. The number of amides is 2. The van der Waals surface area contributed by atoms with Crippen molar-refractivity contribution in [1.82, 2.24) is 15.1 Å². The molecular weight excluding hydrogens is 452 g/mol. The minimum Gasteiger partial charge on any atom is -0.374 e. The highest BCUT2D eigenvalue weighted by atomic mass is 35.5. The molecule has 2 amide bonds. The molecule has 1 aromatic carbocycles. The van der Waals surface area contributed by atoms with Gasteiger partial charge in [-0.05, 0) is 36.8 Å². The van der Waals surface area contributed by atoms with E-state index in [1.165, 1.54) is 14.0 Å². The second kappa shape index (κ2) is 10.3. The van der Waals surface area contributed by atoms with E-state index < -0.39 is 17.5 Å². The predicted octanol–water partition coefficient (Wildman–Crippen LogP) is 4.16. The van der Waals surface area contributed by atoms with Crippen LogP contribution in [0.25, 0.3) is 5.57 Å². The Morgan fingerprint density at radius 2 is 1.94 bits per heavy atom. The molecule has 0 radical (unpaired) electrons. The zero-order valence-electron chi connectivity index (χ0n) is 18.8. The van der Waals surface area contributed by atoms with Crippen molar-refractivity contribution in [2.75, 3.05) is 26.7 Å². The summed E-state index contributed by atoms with van der Waals surface area (Å²) in [4.78, 5) is 27.1. The van der Waals surface area contributed by atoms with Crippen LogP contribution in [-0.4, -0.2) is 54.5 Å². The zero-order chi connectivity index (χ0) is 24.3. The number of carbonyl (C=O) groups is 2. The van der Waals surface area contributed by atoms with Crippen molar-refractivity contribution in [3.05, 3.63) is 76.3 Å². The Labute approximate surface area is 196 Å². The summed E-state index contributed by atoms with van der Waals surface area (Å²) in [6.45, 7) is 8.30. The molecule has 1 fully saturated rings. The second-order valence-corrected chi connectivity index (χ2v) is 8.27. The summed E-state index contributed by atoms with van der Waals surface area (Å²) in [6.07, 6.45) is 4.84. The van der Waals surface area contributed by atoms with E-state index >= 15 is 8.78 Å². The number of hydrogen-bond acceptors (Lipinski definition) is 4.